The normalized spacial score (nSPS) is 11.5. The molecular weight excluding hydrogens is 254 g/mol. The van der Waals surface area contributed by atoms with E-state index in [4.69, 9.17) is 0 Å². The van der Waals surface area contributed by atoms with Gasteiger partial charge in [0.25, 0.3) is 5.69 Å². The number of nitro groups is 1. The Hall–Kier alpha value is -2.57. The summed E-state index contributed by atoms with van der Waals surface area (Å²) in [6.07, 6.45) is 0. The molecule has 0 N–H and O–H groups in total. The van der Waals surface area contributed by atoms with Crippen molar-refractivity contribution in [3.05, 3.63) is 39.9 Å². The van der Waals surface area contributed by atoms with Crippen molar-refractivity contribution in [1.82, 2.24) is 0 Å². The first kappa shape index (κ1) is 14.5. The van der Waals surface area contributed by atoms with Gasteiger partial charge in [0, 0.05) is 6.07 Å². The summed E-state index contributed by atoms with van der Waals surface area (Å²) in [4.78, 5) is 44.9. The second-order valence-corrected chi connectivity index (χ2v) is 3.71. The maximum atomic E-state index is 12.1. The summed E-state index contributed by atoms with van der Waals surface area (Å²) in [5, 5.41) is 10.8. The van der Waals surface area contributed by atoms with Gasteiger partial charge >= 0.3 is 5.97 Å². The highest BCUT2D eigenvalue weighted by atomic mass is 16.6. The van der Waals surface area contributed by atoms with Gasteiger partial charge in [0.05, 0.1) is 17.6 Å². The fraction of sp³-hybridized carbons (Fsp3) is 0.250. The molecule has 0 bridgehead atoms. The third-order valence-corrected chi connectivity index (χ3v) is 2.47. The van der Waals surface area contributed by atoms with Gasteiger partial charge in [0.1, 0.15) is 0 Å². The SMILES string of the molecule is COC(=O)C(C(C)=O)C(=O)c1ccccc1[N+](=O)[O-]. The van der Waals surface area contributed by atoms with Crippen LogP contribution in [0.5, 0.6) is 0 Å². The summed E-state index contributed by atoms with van der Waals surface area (Å²) in [6.45, 7) is 1.05. The summed E-state index contributed by atoms with van der Waals surface area (Å²) in [6, 6.07) is 5.12. The predicted octanol–water partition coefficient (Wildman–Crippen LogP) is 1.16. The molecule has 0 aliphatic rings. The summed E-state index contributed by atoms with van der Waals surface area (Å²) < 4.78 is 4.37. The van der Waals surface area contributed by atoms with E-state index in [0.29, 0.717) is 0 Å². The van der Waals surface area contributed by atoms with E-state index in [2.05, 4.69) is 4.74 Å². The standard InChI is InChI=1S/C12H11NO6/c1-7(14)10(12(16)19-2)11(15)8-5-3-4-6-9(8)13(17)18/h3-6,10H,1-2H3. The van der Waals surface area contributed by atoms with Crippen molar-refractivity contribution in [1.29, 1.82) is 0 Å². The molecule has 0 saturated carbocycles. The Morgan fingerprint density at radius 2 is 1.84 bits per heavy atom. The maximum absolute atomic E-state index is 12.1. The van der Waals surface area contributed by atoms with E-state index in [0.717, 1.165) is 20.1 Å². The van der Waals surface area contributed by atoms with Crippen molar-refractivity contribution in [2.24, 2.45) is 5.92 Å². The number of carbonyl (C=O) groups is 3. The van der Waals surface area contributed by atoms with Crippen LogP contribution in [0, 0.1) is 16.0 Å². The molecule has 0 aliphatic carbocycles. The van der Waals surface area contributed by atoms with Gasteiger partial charge in [-0.25, -0.2) is 0 Å². The Bertz CT molecular complexity index is 551. The number of hydrogen-bond acceptors (Lipinski definition) is 6. The Kier molecular flexibility index (Phi) is 4.46. The molecule has 0 aliphatic heterocycles. The zero-order valence-corrected chi connectivity index (χ0v) is 10.3. The number of para-hydroxylation sites is 1. The first-order valence-electron chi connectivity index (χ1n) is 5.26. The van der Waals surface area contributed by atoms with Gasteiger partial charge in [-0.05, 0) is 13.0 Å². The van der Waals surface area contributed by atoms with Gasteiger partial charge in [-0.1, -0.05) is 12.1 Å². The van der Waals surface area contributed by atoms with Crippen LogP contribution >= 0.6 is 0 Å². The lowest BCUT2D eigenvalue weighted by atomic mass is 9.93. The highest BCUT2D eigenvalue weighted by molar-refractivity contribution is 6.23. The van der Waals surface area contributed by atoms with Crippen LogP contribution in [0.2, 0.25) is 0 Å². The van der Waals surface area contributed by atoms with Gasteiger partial charge < -0.3 is 4.74 Å². The molecule has 0 aromatic heterocycles. The number of rotatable bonds is 5. The molecule has 19 heavy (non-hydrogen) atoms. The summed E-state index contributed by atoms with van der Waals surface area (Å²) in [5.74, 6) is -4.37. The van der Waals surface area contributed by atoms with E-state index in [1.54, 1.807) is 0 Å². The fourth-order valence-corrected chi connectivity index (χ4v) is 1.57. The fourth-order valence-electron chi connectivity index (χ4n) is 1.57. The number of methoxy groups -OCH3 is 1. The predicted molar refractivity (Wildman–Crippen MR) is 63.6 cm³/mol. The number of ketones is 2. The van der Waals surface area contributed by atoms with Gasteiger partial charge in [0.2, 0.25) is 0 Å². The number of Topliss-reactive ketones (excluding diaryl/α,β-unsaturated/α-hetero) is 2. The molecule has 0 heterocycles. The smallest absolute Gasteiger partial charge is 0.324 e. The number of carbonyl (C=O) groups excluding carboxylic acids is 3. The van der Waals surface area contributed by atoms with Gasteiger partial charge in [0.15, 0.2) is 17.5 Å². The van der Waals surface area contributed by atoms with Crippen molar-refractivity contribution in [2.45, 2.75) is 6.92 Å². The molecular formula is C12H11NO6. The Morgan fingerprint density at radius 3 is 2.32 bits per heavy atom. The Morgan fingerprint density at radius 1 is 1.26 bits per heavy atom. The number of ether oxygens (including phenoxy) is 1. The number of nitrogens with zero attached hydrogens (tertiary/aromatic N) is 1. The minimum Gasteiger partial charge on any atom is -0.468 e. The van der Waals surface area contributed by atoms with Crippen molar-refractivity contribution in [3.8, 4) is 0 Å². The third kappa shape index (κ3) is 3.01. The van der Waals surface area contributed by atoms with Crippen LogP contribution in [0.4, 0.5) is 5.69 Å². The molecule has 0 radical (unpaired) electrons. The molecule has 0 saturated heterocycles. The Balaban J connectivity index is 3.28. The van der Waals surface area contributed by atoms with Crippen molar-refractivity contribution < 1.29 is 24.0 Å². The van der Waals surface area contributed by atoms with Gasteiger partial charge in [-0.3, -0.25) is 24.5 Å². The lowest BCUT2D eigenvalue weighted by Gasteiger charge is -2.10. The van der Waals surface area contributed by atoms with Crippen molar-refractivity contribution in [2.75, 3.05) is 7.11 Å². The monoisotopic (exact) mass is 265 g/mol. The lowest BCUT2D eigenvalue weighted by molar-refractivity contribution is -0.385. The molecule has 1 aromatic rings. The van der Waals surface area contributed by atoms with Crippen LogP contribution in [-0.2, 0) is 14.3 Å². The zero-order chi connectivity index (χ0) is 14.6. The van der Waals surface area contributed by atoms with E-state index in [1.807, 2.05) is 0 Å². The second-order valence-electron chi connectivity index (χ2n) is 3.71. The highest BCUT2D eigenvalue weighted by Crippen LogP contribution is 2.22. The second kappa shape index (κ2) is 5.85. The summed E-state index contributed by atoms with van der Waals surface area (Å²) in [5.41, 5.74) is -0.749. The van der Waals surface area contributed by atoms with E-state index < -0.39 is 34.1 Å². The molecule has 7 nitrogen and oxygen atoms in total. The molecule has 1 atom stereocenters. The minimum absolute atomic E-state index is 0.293. The third-order valence-electron chi connectivity index (χ3n) is 2.47. The van der Waals surface area contributed by atoms with E-state index in [-0.39, 0.29) is 5.56 Å². The molecule has 0 spiro atoms. The lowest BCUT2D eigenvalue weighted by Crippen LogP contribution is -2.31. The summed E-state index contributed by atoms with van der Waals surface area (Å²) >= 11 is 0. The van der Waals surface area contributed by atoms with Gasteiger partial charge in [-0.2, -0.15) is 0 Å². The van der Waals surface area contributed by atoms with Crippen LogP contribution < -0.4 is 0 Å². The van der Waals surface area contributed by atoms with E-state index in [9.17, 15) is 24.5 Å². The molecule has 1 rings (SSSR count). The molecule has 0 fully saturated rings. The van der Waals surface area contributed by atoms with Gasteiger partial charge in [-0.15, -0.1) is 0 Å². The number of benzene rings is 1. The van der Waals surface area contributed by atoms with Crippen LogP contribution in [0.25, 0.3) is 0 Å². The quantitative estimate of drug-likeness (QED) is 0.260. The summed E-state index contributed by atoms with van der Waals surface area (Å²) in [7, 11) is 1.03. The van der Waals surface area contributed by atoms with Crippen LogP contribution in [-0.4, -0.2) is 29.6 Å². The molecule has 0 amide bonds. The molecule has 7 heteroatoms. The number of nitro benzene ring substituents is 1. The average Bonchev–Trinajstić information content (AvgIpc) is 2.38. The maximum Gasteiger partial charge on any atom is 0.324 e. The number of esters is 1. The topological polar surface area (TPSA) is 104 Å². The van der Waals surface area contributed by atoms with E-state index >= 15 is 0 Å². The first-order chi connectivity index (χ1) is 8.90. The van der Waals surface area contributed by atoms with Crippen LogP contribution in [0.3, 0.4) is 0 Å². The number of hydrogen-bond donors (Lipinski definition) is 0. The zero-order valence-electron chi connectivity index (χ0n) is 10.3. The van der Waals surface area contributed by atoms with Crippen molar-refractivity contribution in [3.63, 3.8) is 0 Å². The first-order valence-corrected chi connectivity index (χ1v) is 5.26. The molecule has 1 aromatic carbocycles. The van der Waals surface area contributed by atoms with Crippen LogP contribution in [0.1, 0.15) is 17.3 Å². The molecule has 1 unspecified atom stereocenters. The van der Waals surface area contributed by atoms with Crippen LogP contribution in [0.15, 0.2) is 24.3 Å². The average molecular weight is 265 g/mol. The molecule has 100 valence electrons. The Labute approximate surface area is 108 Å². The highest BCUT2D eigenvalue weighted by Gasteiger charge is 2.36. The largest absolute Gasteiger partial charge is 0.468 e. The minimum atomic E-state index is -1.67. The van der Waals surface area contributed by atoms with Crippen molar-refractivity contribution >= 4 is 23.2 Å². The van der Waals surface area contributed by atoms with E-state index in [1.165, 1.54) is 18.2 Å².